The molecule has 0 fully saturated rings. The first-order chi connectivity index (χ1) is 8.81. The van der Waals surface area contributed by atoms with Crippen LogP contribution in [0.2, 0.25) is 18.1 Å². The summed E-state index contributed by atoms with van der Waals surface area (Å²) >= 11 is 0. The first-order valence-electron chi connectivity index (χ1n) is 6.83. The van der Waals surface area contributed by atoms with E-state index in [-0.39, 0.29) is 5.04 Å². The Balaban J connectivity index is 3.39. The Kier molecular flexibility index (Phi) is 9.34. The van der Waals surface area contributed by atoms with E-state index in [1.165, 1.54) is 6.26 Å². The molecule has 0 N–H and O–H groups in total. The van der Waals surface area contributed by atoms with Gasteiger partial charge in [0.05, 0.1) is 39.3 Å². The monoisotopic (exact) mass is 290 g/mol. The lowest BCUT2D eigenvalue weighted by Crippen LogP contribution is -2.41. The minimum absolute atomic E-state index is 0.251. The Bertz CT molecular complexity index is 236. The molecule has 0 aromatic heterocycles. The van der Waals surface area contributed by atoms with Crippen molar-refractivity contribution in [3.05, 3.63) is 12.8 Å². The highest BCUT2D eigenvalue weighted by Gasteiger charge is 2.36. The summed E-state index contributed by atoms with van der Waals surface area (Å²) in [5.41, 5.74) is 0. The van der Waals surface area contributed by atoms with E-state index in [2.05, 4.69) is 40.4 Å². The lowest BCUT2D eigenvalue weighted by molar-refractivity contribution is 0.0215. The van der Waals surface area contributed by atoms with Gasteiger partial charge in [0.1, 0.15) is 6.61 Å². The van der Waals surface area contributed by atoms with Crippen molar-refractivity contribution in [2.75, 3.05) is 39.6 Å². The molecule has 0 aromatic rings. The quantitative estimate of drug-likeness (QED) is 0.333. The Hall–Kier alpha value is -0.363. The smallest absolute Gasteiger partial charge is 0.192 e. The molecule has 4 nitrogen and oxygen atoms in total. The van der Waals surface area contributed by atoms with Gasteiger partial charge in [-0.1, -0.05) is 27.4 Å². The second-order valence-electron chi connectivity index (χ2n) is 5.87. The highest BCUT2D eigenvalue weighted by molar-refractivity contribution is 6.74. The van der Waals surface area contributed by atoms with Crippen LogP contribution in [0.25, 0.3) is 0 Å². The van der Waals surface area contributed by atoms with Crippen LogP contribution in [-0.2, 0) is 18.6 Å². The van der Waals surface area contributed by atoms with Gasteiger partial charge in [0.25, 0.3) is 0 Å². The molecule has 0 aliphatic heterocycles. The average Bonchev–Trinajstić information content (AvgIpc) is 2.30. The SMILES string of the molecule is C=COCCOCCOCCO[Si](C)(C)C(C)(C)C. The molecule has 114 valence electrons. The zero-order valence-electron chi connectivity index (χ0n) is 13.2. The van der Waals surface area contributed by atoms with E-state index in [9.17, 15) is 0 Å². The normalized spacial score (nSPS) is 12.5. The molecule has 0 saturated carbocycles. The molecule has 0 unspecified atom stereocenters. The third-order valence-corrected chi connectivity index (χ3v) is 7.87. The van der Waals surface area contributed by atoms with Crippen LogP contribution in [0.3, 0.4) is 0 Å². The van der Waals surface area contributed by atoms with Crippen LogP contribution in [0.4, 0.5) is 0 Å². The van der Waals surface area contributed by atoms with Crippen molar-refractivity contribution in [1.29, 1.82) is 0 Å². The Labute approximate surface area is 119 Å². The summed E-state index contributed by atoms with van der Waals surface area (Å²) in [5, 5.41) is 0.251. The Morgan fingerprint density at radius 3 is 1.84 bits per heavy atom. The fourth-order valence-electron chi connectivity index (χ4n) is 1.08. The van der Waals surface area contributed by atoms with Crippen LogP contribution >= 0.6 is 0 Å². The molecule has 0 spiro atoms. The molecule has 0 aliphatic carbocycles. The molecule has 0 saturated heterocycles. The van der Waals surface area contributed by atoms with Crippen molar-refractivity contribution in [3.63, 3.8) is 0 Å². The van der Waals surface area contributed by atoms with Gasteiger partial charge in [-0.05, 0) is 18.1 Å². The Morgan fingerprint density at radius 1 is 0.895 bits per heavy atom. The van der Waals surface area contributed by atoms with Crippen LogP contribution in [0.1, 0.15) is 20.8 Å². The van der Waals surface area contributed by atoms with Gasteiger partial charge in [0.2, 0.25) is 0 Å². The van der Waals surface area contributed by atoms with E-state index < -0.39 is 8.32 Å². The second kappa shape index (κ2) is 9.53. The van der Waals surface area contributed by atoms with Gasteiger partial charge in [0.15, 0.2) is 8.32 Å². The number of ether oxygens (including phenoxy) is 3. The molecule has 0 radical (unpaired) electrons. The summed E-state index contributed by atoms with van der Waals surface area (Å²) in [7, 11) is -1.63. The summed E-state index contributed by atoms with van der Waals surface area (Å²) in [6, 6.07) is 0. The molecule has 0 rings (SSSR count). The third kappa shape index (κ3) is 9.21. The predicted molar refractivity (Wildman–Crippen MR) is 80.9 cm³/mol. The summed E-state index contributed by atoms with van der Waals surface area (Å²) in [6.07, 6.45) is 1.41. The van der Waals surface area contributed by atoms with E-state index in [1.54, 1.807) is 0 Å². The molecule has 0 aliphatic rings. The first-order valence-corrected chi connectivity index (χ1v) is 9.74. The summed E-state index contributed by atoms with van der Waals surface area (Å²) in [6.45, 7) is 18.2. The van der Waals surface area contributed by atoms with E-state index in [0.717, 1.165) is 0 Å². The largest absolute Gasteiger partial charge is 0.499 e. The molecular weight excluding hydrogens is 260 g/mol. The zero-order valence-corrected chi connectivity index (χ0v) is 14.2. The topological polar surface area (TPSA) is 36.9 Å². The average molecular weight is 290 g/mol. The minimum atomic E-state index is -1.63. The van der Waals surface area contributed by atoms with Gasteiger partial charge in [-0.2, -0.15) is 0 Å². The van der Waals surface area contributed by atoms with E-state index in [1.807, 2.05) is 0 Å². The summed E-state index contributed by atoms with van der Waals surface area (Å²) in [4.78, 5) is 0. The van der Waals surface area contributed by atoms with Gasteiger partial charge in [-0.3, -0.25) is 0 Å². The molecule has 19 heavy (non-hydrogen) atoms. The Morgan fingerprint density at radius 2 is 1.37 bits per heavy atom. The lowest BCUT2D eigenvalue weighted by atomic mass is 10.2. The summed E-state index contributed by atoms with van der Waals surface area (Å²) < 4.78 is 21.7. The highest BCUT2D eigenvalue weighted by atomic mass is 28.4. The molecule has 0 atom stereocenters. The van der Waals surface area contributed by atoms with Gasteiger partial charge in [-0.25, -0.2) is 0 Å². The molecular formula is C14H30O4Si. The molecule has 0 heterocycles. The molecule has 5 heteroatoms. The first kappa shape index (κ1) is 18.6. The maximum atomic E-state index is 6.00. The number of hydrogen-bond donors (Lipinski definition) is 0. The van der Waals surface area contributed by atoms with Crippen molar-refractivity contribution < 1.29 is 18.6 Å². The van der Waals surface area contributed by atoms with Crippen molar-refractivity contribution in [1.82, 2.24) is 0 Å². The number of rotatable bonds is 11. The van der Waals surface area contributed by atoms with Crippen LogP contribution in [0.15, 0.2) is 12.8 Å². The fourth-order valence-corrected chi connectivity index (χ4v) is 2.11. The van der Waals surface area contributed by atoms with E-state index in [0.29, 0.717) is 39.6 Å². The third-order valence-electron chi connectivity index (χ3n) is 3.33. The van der Waals surface area contributed by atoms with Crippen molar-refractivity contribution in [2.24, 2.45) is 0 Å². The van der Waals surface area contributed by atoms with Gasteiger partial charge < -0.3 is 18.6 Å². The lowest BCUT2D eigenvalue weighted by Gasteiger charge is -2.36. The molecule has 0 bridgehead atoms. The van der Waals surface area contributed by atoms with Gasteiger partial charge in [0, 0.05) is 0 Å². The van der Waals surface area contributed by atoms with Crippen molar-refractivity contribution in [2.45, 2.75) is 38.9 Å². The fraction of sp³-hybridized carbons (Fsp3) is 0.857. The van der Waals surface area contributed by atoms with Crippen LogP contribution < -0.4 is 0 Å². The predicted octanol–water partition coefficient (Wildman–Crippen LogP) is 3.20. The minimum Gasteiger partial charge on any atom is -0.499 e. The number of hydrogen-bond acceptors (Lipinski definition) is 4. The van der Waals surface area contributed by atoms with E-state index >= 15 is 0 Å². The van der Waals surface area contributed by atoms with Crippen molar-refractivity contribution in [3.8, 4) is 0 Å². The molecule has 0 aromatic carbocycles. The van der Waals surface area contributed by atoms with E-state index in [4.69, 9.17) is 18.6 Å². The zero-order chi connectivity index (χ0) is 14.8. The maximum absolute atomic E-state index is 6.00. The maximum Gasteiger partial charge on any atom is 0.192 e. The van der Waals surface area contributed by atoms with Crippen LogP contribution in [0.5, 0.6) is 0 Å². The van der Waals surface area contributed by atoms with Gasteiger partial charge in [-0.15, -0.1) is 0 Å². The highest BCUT2D eigenvalue weighted by Crippen LogP contribution is 2.36. The second-order valence-corrected chi connectivity index (χ2v) is 10.7. The summed E-state index contributed by atoms with van der Waals surface area (Å²) in [5.74, 6) is 0. The van der Waals surface area contributed by atoms with Gasteiger partial charge >= 0.3 is 0 Å². The standard InChI is InChI=1S/C14H30O4Si/c1-7-15-8-9-16-10-11-17-12-13-18-19(5,6)14(2,3)4/h7H,1,8-13H2,2-6H3. The van der Waals surface area contributed by atoms with Crippen LogP contribution in [0, 0.1) is 0 Å². The van der Waals surface area contributed by atoms with Crippen molar-refractivity contribution >= 4 is 8.32 Å². The van der Waals surface area contributed by atoms with Crippen LogP contribution in [-0.4, -0.2) is 48.0 Å². The molecule has 0 amide bonds.